The van der Waals surface area contributed by atoms with E-state index in [4.69, 9.17) is 0 Å². The SMILES string of the molecule is CCC1CN(S(=O)(=O)CCc2ccccn2)CCC1NC. The molecule has 2 unspecified atom stereocenters. The van der Waals surface area contributed by atoms with E-state index in [0.29, 0.717) is 31.5 Å². The normalized spacial score (nSPS) is 24.1. The smallest absolute Gasteiger partial charge is 0.214 e. The number of aromatic nitrogens is 1. The lowest BCUT2D eigenvalue weighted by Crippen LogP contribution is -2.50. The van der Waals surface area contributed by atoms with Crippen LogP contribution in [0.1, 0.15) is 25.5 Å². The van der Waals surface area contributed by atoms with Crippen molar-refractivity contribution in [3.05, 3.63) is 30.1 Å². The number of nitrogens with one attached hydrogen (secondary N) is 1. The zero-order valence-corrected chi connectivity index (χ0v) is 13.6. The maximum atomic E-state index is 12.5. The molecule has 1 aromatic heterocycles. The van der Waals surface area contributed by atoms with Crippen LogP contribution in [0.3, 0.4) is 0 Å². The standard InChI is InChI=1S/C15H25N3O2S/c1-3-13-12-18(10-7-15(13)16-2)21(19,20)11-8-14-6-4-5-9-17-14/h4-6,9,13,15-16H,3,7-8,10-12H2,1-2H3. The van der Waals surface area contributed by atoms with Crippen molar-refractivity contribution in [1.29, 1.82) is 0 Å². The summed E-state index contributed by atoms with van der Waals surface area (Å²) >= 11 is 0. The van der Waals surface area contributed by atoms with Crippen molar-refractivity contribution in [2.75, 3.05) is 25.9 Å². The highest BCUT2D eigenvalue weighted by Crippen LogP contribution is 2.22. The largest absolute Gasteiger partial charge is 0.317 e. The van der Waals surface area contributed by atoms with Crippen LogP contribution in [0.4, 0.5) is 0 Å². The molecular weight excluding hydrogens is 286 g/mol. The molecule has 1 aromatic rings. The molecule has 0 aliphatic carbocycles. The van der Waals surface area contributed by atoms with Crippen molar-refractivity contribution in [3.8, 4) is 0 Å². The van der Waals surface area contributed by atoms with Crippen LogP contribution in [0.2, 0.25) is 0 Å². The molecule has 0 saturated carbocycles. The lowest BCUT2D eigenvalue weighted by Gasteiger charge is -2.37. The summed E-state index contributed by atoms with van der Waals surface area (Å²) in [6.07, 6.45) is 4.06. The van der Waals surface area contributed by atoms with Crippen molar-refractivity contribution >= 4 is 10.0 Å². The third kappa shape index (κ3) is 4.25. The minimum Gasteiger partial charge on any atom is -0.317 e. The average molecular weight is 311 g/mol. The van der Waals surface area contributed by atoms with Crippen LogP contribution in [0.25, 0.3) is 0 Å². The van der Waals surface area contributed by atoms with Gasteiger partial charge in [0.25, 0.3) is 0 Å². The van der Waals surface area contributed by atoms with Gasteiger partial charge in [-0.2, -0.15) is 0 Å². The Kier molecular flexibility index (Phi) is 5.72. The second kappa shape index (κ2) is 7.33. The fourth-order valence-corrected chi connectivity index (χ4v) is 4.48. The van der Waals surface area contributed by atoms with E-state index in [9.17, 15) is 8.42 Å². The molecule has 0 aromatic carbocycles. The monoisotopic (exact) mass is 311 g/mol. The van der Waals surface area contributed by atoms with Gasteiger partial charge in [-0.05, 0) is 31.5 Å². The molecule has 5 nitrogen and oxygen atoms in total. The third-order valence-corrected chi connectivity index (χ3v) is 6.17. The second-order valence-electron chi connectivity index (χ2n) is 5.60. The molecular formula is C15H25N3O2S. The van der Waals surface area contributed by atoms with E-state index < -0.39 is 10.0 Å². The molecule has 6 heteroatoms. The molecule has 1 aliphatic rings. The number of hydrogen-bond acceptors (Lipinski definition) is 4. The molecule has 1 aliphatic heterocycles. The summed E-state index contributed by atoms with van der Waals surface area (Å²) < 4.78 is 26.7. The average Bonchev–Trinajstić information content (AvgIpc) is 2.53. The summed E-state index contributed by atoms with van der Waals surface area (Å²) in [5, 5.41) is 3.30. The quantitative estimate of drug-likeness (QED) is 0.859. The number of hydrogen-bond donors (Lipinski definition) is 1. The van der Waals surface area contributed by atoms with E-state index in [1.54, 1.807) is 10.5 Å². The lowest BCUT2D eigenvalue weighted by atomic mass is 9.91. The van der Waals surface area contributed by atoms with E-state index >= 15 is 0 Å². The van der Waals surface area contributed by atoms with E-state index in [1.807, 2.05) is 25.2 Å². The Morgan fingerprint density at radius 3 is 2.86 bits per heavy atom. The summed E-state index contributed by atoms with van der Waals surface area (Å²) in [7, 11) is -1.23. The highest BCUT2D eigenvalue weighted by Gasteiger charge is 2.32. The first-order chi connectivity index (χ1) is 10.1. The van der Waals surface area contributed by atoms with Gasteiger partial charge in [-0.3, -0.25) is 4.98 Å². The molecule has 0 spiro atoms. The molecule has 118 valence electrons. The fraction of sp³-hybridized carbons (Fsp3) is 0.667. The van der Waals surface area contributed by atoms with Gasteiger partial charge in [0.05, 0.1) is 5.75 Å². The van der Waals surface area contributed by atoms with Crippen LogP contribution in [0.5, 0.6) is 0 Å². The van der Waals surface area contributed by atoms with E-state index in [2.05, 4.69) is 17.2 Å². The van der Waals surface area contributed by atoms with Gasteiger partial charge in [0.15, 0.2) is 0 Å². The first kappa shape index (κ1) is 16.4. The van der Waals surface area contributed by atoms with Crippen LogP contribution in [0.15, 0.2) is 24.4 Å². The molecule has 21 heavy (non-hydrogen) atoms. The van der Waals surface area contributed by atoms with Crippen LogP contribution in [-0.2, 0) is 16.4 Å². The van der Waals surface area contributed by atoms with Crippen LogP contribution in [-0.4, -0.2) is 49.6 Å². The number of sulfonamides is 1. The van der Waals surface area contributed by atoms with Gasteiger partial charge in [-0.15, -0.1) is 0 Å². The molecule has 1 fully saturated rings. The van der Waals surface area contributed by atoms with Crippen molar-refractivity contribution < 1.29 is 8.42 Å². The van der Waals surface area contributed by atoms with E-state index in [-0.39, 0.29) is 5.75 Å². The van der Waals surface area contributed by atoms with Crippen molar-refractivity contribution in [2.24, 2.45) is 5.92 Å². The van der Waals surface area contributed by atoms with Gasteiger partial charge in [-0.1, -0.05) is 19.4 Å². The van der Waals surface area contributed by atoms with Gasteiger partial charge in [0.2, 0.25) is 10.0 Å². The summed E-state index contributed by atoms with van der Waals surface area (Å²) in [6, 6.07) is 6.03. The maximum Gasteiger partial charge on any atom is 0.214 e. The summed E-state index contributed by atoms with van der Waals surface area (Å²) in [5.41, 5.74) is 0.832. The Bertz CT molecular complexity index is 533. The number of aryl methyl sites for hydroxylation is 1. The summed E-state index contributed by atoms with van der Waals surface area (Å²) in [6.45, 7) is 3.37. The highest BCUT2D eigenvalue weighted by atomic mass is 32.2. The van der Waals surface area contributed by atoms with Gasteiger partial charge in [0, 0.05) is 37.4 Å². The predicted octanol–water partition coefficient (Wildman–Crippen LogP) is 1.27. The molecule has 1 N–H and O–H groups in total. The molecule has 2 rings (SSSR count). The first-order valence-corrected chi connectivity index (χ1v) is 9.22. The van der Waals surface area contributed by atoms with Crippen molar-refractivity contribution in [2.45, 2.75) is 32.2 Å². The topological polar surface area (TPSA) is 62.3 Å². The highest BCUT2D eigenvalue weighted by molar-refractivity contribution is 7.89. The Morgan fingerprint density at radius 1 is 1.43 bits per heavy atom. The Labute approximate surface area is 127 Å². The lowest BCUT2D eigenvalue weighted by molar-refractivity contribution is 0.209. The van der Waals surface area contributed by atoms with Crippen LogP contribution < -0.4 is 5.32 Å². The molecule has 1 saturated heterocycles. The Morgan fingerprint density at radius 2 is 2.24 bits per heavy atom. The molecule has 2 atom stereocenters. The zero-order valence-electron chi connectivity index (χ0n) is 12.8. The fourth-order valence-electron chi connectivity index (χ4n) is 2.95. The summed E-state index contributed by atoms with van der Waals surface area (Å²) in [4.78, 5) is 4.19. The molecule has 0 amide bonds. The van der Waals surface area contributed by atoms with E-state index in [0.717, 1.165) is 18.5 Å². The van der Waals surface area contributed by atoms with Crippen LogP contribution >= 0.6 is 0 Å². The number of piperidine rings is 1. The molecule has 2 heterocycles. The van der Waals surface area contributed by atoms with Crippen molar-refractivity contribution in [1.82, 2.24) is 14.6 Å². The number of pyridine rings is 1. The first-order valence-electron chi connectivity index (χ1n) is 7.61. The predicted molar refractivity (Wildman–Crippen MR) is 84.5 cm³/mol. The van der Waals surface area contributed by atoms with Gasteiger partial charge in [-0.25, -0.2) is 12.7 Å². The number of nitrogens with zero attached hydrogens (tertiary/aromatic N) is 2. The number of rotatable bonds is 6. The Balaban J connectivity index is 1.96. The third-order valence-electron chi connectivity index (χ3n) is 4.33. The van der Waals surface area contributed by atoms with Gasteiger partial charge >= 0.3 is 0 Å². The van der Waals surface area contributed by atoms with Gasteiger partial charge in [0.1, 0.15) is 0 Å². The molecule has 0 radical (unpaired) electrons. The minimum atomic E-state index is -3.19. The summed E-state index contributed by atoms with van der Waals surface area (Å²) in [5.74, 6) is 0.540. The Hall–Kier alpha value is -0.980. The van der Waals surface area contributed by atoms with E-state index in [1.165, 1.54) is 0 Å². The molecule has 0 bridgehead atoms. The van der Waals surface area contributed by atoms with Crippen LogP contribution in [0, 0.1) is 5.92 Å². The van der Waals surface area contributed by atoms with Gasteiger partial charge < -0.3 is 5.32 Å². The minimum absolute atomic E-state index is 0.144. The van der Waals surface area contributed by atoms with Crippen molar-refractivity contribution in [3.63, 3.8) is 0 Å². The zero-order chi connectivity index (χ0) is 15.3. The maximum absolute atomic E-state index is 12.5. The second-order valence-corrected chi connectivity index (χ2v) is 7.69.